The van der Waals surface area contributed by atoms with Crippen molar-refractivity contribution in [3.8, 4) is 5.75 Å². The first-order chi connectivity index (χ1) is 9.99. The third kappa shape index (κ3) is 5.36. The fourth-order valence-electron chi connectivity index (χ4n) is 2.16. The highest BCUT2D eigenvalue weighted by molar-refractivity contribution is 5.81. The molecule has 2 unspecified atom stereocenters. The summed E-state index contributed by atoms with van der Waals surface area (Å²) < 4.78 is 5.07. The van der Waals surface area contributed by atoms with Crippen LogP contribution >= 0.6 is 0 Å². The number of amides is 1. The Morgan fingerprint density at radius 3 is 2.43 bits per heavy atom. The van der Waals surface area contributed by atoms with Gasteiger partial charge in [-0.25, -0.2) is 0 Å². The maximum absolute atomic E-state index is 12.1. The molecular formula is C16H26N2O3. The summed E-state index contributed by atoms with van der Waals surface area (Å²) in [6, 6.07) is 7.02. The lowest BCUT2D eigenvalue weighted by molar-refractivity contribution is -0.126. The van der Waals surface area contributed by atoms with Gasteiger partial charge in [0.2, 0.25) is 5.91 Å². The molecule has 2 atom stereocenters. The minimum atomic E-state index is -0.718. The van der Waals surface area contributed by atoms with Crippen LogP contribution in [0.5, 0.6) is 5.75 Å². The Morgan fingerprint density at radius 1 is 1.33 bits per heavy atom. The molecule has 0 aromatic heterocycles. The Kier molecular flexibility index (Phi) is 7.19. The zero-order chi connectivity index (χ0) is 15.8. The maximum Gasteiger partial charge on any atom is 0.237 e. The number of benzene rings is 1. The van der Waals surface area contributed by atoms with E-state index in [1.807, 2.05) is 19.0 Å². The van der Waals surface area contributed by atoms with Crippen LogP contribution in [0.4, 0.5) is 0 Å². The van der Waals surface area contributed by atoms with Crippen LogP contribution in [0, 0.1) is 0 Å². The molecule has 0 radical (unpaired) electrons. The summed E-state index contributed by atoms with van der Waals surface area (Å²) >= 11 is 0. The van der Waals surface area contributed by atoms with Gasteiger partial charge in [-0.05, 0) is 38.2 Å². The van der Waals surface area contributed by atoms with Crippen molar-refractivity contribution in [2.24, 2.45) is 0 Å². The molecule has 1 amide bonds. The average molecular weight is 294 g/mol. The minimum Gasteiger partial charge on any atom is -0.497 e. The van der Waals surface area contributed by atoms with Crippen LogP contribution in [0.1, 0.15) is 31.4 Å². The molecule has 0 spiro atoms. The van der Waals surface area contributed by atoms with E-state index in [2.05, 4.69) is 12.2 Å². The molecule has 0 fully saturated rings. The molecule has 0 saturated carbocycles. The summed E-state index contributed by atoms with van der Waals surface area (Å²) in [5, 5.41) is 12.9. The fourth-order valence-corrected chi connectivity index (χ4v) is 2.16. The third-order valence-electron chi connectivity index (χ3n) is 3.46. The summed E-state index contributed by atoms with van der Waals surface area (Å²) in [5.41, 5.74) is 0.757. The number of aliphatic hydroxyl groups is 1. The quantitative estimate of drug-likeness (QED) is 0.764. The topological polar surface area (TPSA) is 61.8 Å². The van der Waals surface area contributed by atoms with Gasteiger partial charge in [0.05, 0.1) is 19.3 Å². The monoisotopic (exact) mass is 294 g/mol. The average Bonchev–Trinajstić information content (AvgIpc) is 2.49. The summed E-state index contributed by atoms with van der Waals surface area (Å²) in [6.07, 6.45) is 1.03. The second kappa shape index (κ2) is 8.64. The van der Waals surface area contributed by atoms with Crippen molar-refractivity contribution in [3.63, 3.8) is 0 Å². The Labute approximate surface area is 126 Å². The van der Waals surface area contributed by atoms with Gasteiger partial charge in [-0.15, -0.1) is 0 Å². The number of likely N-dealkylation sites (N-methyl/N-ethyl adjacent to an activating group) is 1. The van der Waals surface area contributed by atoms with Crippen molar-refractivity contribution in [1.29, 1.82) is 0 Å². The van der Waals surface area contributed by atoms with Crippen LogP contribution in [0.2, 0.25) is 0 Å². The fraction of sp³-hybridized carbons (Fsp3) is 0.562. The number of rotatable bonds is 8. The van der Waals surface area contributed by atoms with Gasteiger partial charge in [0, 0.05) is 6.54 Å². The van der Waals surface area contributed by atoms with Gasteiger partial charge < -0.3 is 15.2 Å². The number of nitrogens with zero attached hydrogens (tertiary/aromatic N) is 1. The number of aliphatic hydroxyl groups excluding tert-OH is 1. The van der Waals surface area contributed by atoms with Crippen LogP contribution in [-0.2, 0) is 4.79 Å². The Bertz CT molecular complexity index is 432. The van der Waals surface area contributed by atoms with Gasteiger partial charge in [0.1, 0.15) is 5.75 Å². The van der Waals surface area contributed by atoms with Crippen LogP contribution in [0.25, 0.3) is 0 Å². The van der Waals surface area contributed by atoms with E-state index in [1.54, 1.807) is 31.4 Å². The second-order valence-electron chi connectivity index (χ2n) is 5.30. The highest BCUT2D eigenvalue weighted by atomic mass is 16.5. The molecule has 0 heterocycles. The van der Waals surface area contributed by atoms with Crippen LogP contribution in [0.15, 0.2) is 24.3 Å². The number of hydrogen-bond donors (Lipinski definition) is 2. The van der Waals surface area contributed by atoms with Crippen LogP contribution in [-0.4, -0.2) is 49.7 Å². The highest BCUT2D eigenvalue weighted by Crippen LogP contribution is 2.17. The van der Waals surface area contributed by atoms with E-state index in [4.69, 9.17) is 4.74 Å². The van der Waals surface area contributed by atoms with E-state index in [-0.39, 0.29) is 18.5 Å². The van der Waals surface area contributed by atoms with Crippen LogP contribution in [0.3, 0.4) is 0 Å². The zero-order valence-electron chi connectivity index (χ0n) is 13.3. The lowest BCUT2D eigenvalue weighted by Crippen LogP contribution is -2.44. The Hall–Kier alpha value is -1.59. The van der Waals surface area contributed by atoms with Gasteiger partial charge in [-0.2, -0.15) is 0 Å². The van der Waals surface area contributed by atoms with E-state index in [1.165, 1.54) is 0 Å². The molecule has 1 aromatic rings. The number of methoxy groups -OCH3 is 1. The van der Waals surface area contributed by atoms with E-state index in [0.717, 1.165) is 24.2 Å². The minimum absolute atomic E-state index is 0.0468. The van der Waals surface area contributed by atoms with Gasteiger partial charge >= 0.3 is 0 Å². The molecule has 1 rings (SSSR count). The molecule has 2 N–H and O–H groups in total. The predicted molar refractivity (Wildman–Crippen MR) is 83.3 cm³/mol. The normalized spacial score (nSPS) is 13.8. The van der Waals surface area contributed by atoms with Crippen molar-refractivity contribution in [1.82, 2.24) is 10.2 Å². The Balaban J connectivity index is 2.54. The molecule has 5 nitrogen and oxygen atoms in total. The second-order valence-corrected chi connectivity index (χ2v) is 5.30. The number of carbonyl (C=O) groups excluding carboxylic acids is 1. The Morgan fingerprint density at radius 2 is 1.95 bits per heavy atom. The molecule has 5 heteroatoms. The standard InChI is InChI=1S/C16H26N2O3/c1-5-6-14(18(2)3)16(20)17-11-15(19)12-7-9-13(21-4)10-8-12/h7-10,14-15,19H,5-6,11H2,1-4H3,(H,17,20). The van der Waals surface area contributed by atoms with Crippen molar-refractivity contribution in [2.45, 2.75) is 31.9 Å². The van der Waals surface area contributed by atoms with Gasteiger partial charge in [-0.3, -0.25) is 9.69 Å². The number of hydrogen-bond acceptors (Lipinski definition) is 4. The molecule has 0 bridgehead atoms. The number of nitrogens with one attached hydrogen (secondary N) is 1. The van der Waals surface area contributed by atoms with Crippen molar-refractivity contribution in [2.75, 3.05) is 27.7 Å². The molecule has 1 aromatic carbocycles. The summed E-state index contributed by atoms with van der Waals surface area (Å²) in [7, 11) is 5.38. The largest absolute Gasteiger partial charge is 0.497 e. The highest BCUT2D eigenvalue weighted by Gasteiger charge is 2.20. The lowest BCUT2D eigenvalue weighted by Gasteiger charge is -2.23. The smallest absolute Gasteiger partial charge is 0.237 e. The van der Waals surface area contributed by atoms with E-state index >= 15 is 0 Å². The van der Waals surface area contributed by atoms with Crippen molar-refractivity contribution in [3.05, 3.63) is 29.8 Å². The molecule has 0 aliphatic carbocycles. The molecule has 0 aliphatic rings. The van der Waals surface area contributed by atoms with Gasteiger partial charge in [0.15, 0.2) is 0 Å². The van der Waals surface area contributed by atoms with Gasteiger partial charge in [-0.1, -0.05) is 25.5 Å². The SMILES string of the molecule is CCCC(C(=O)NCC(O)c1ccc(OC)cc1)N(C)C. The molecule has 21 heavy (non-hydrogen) atoms. The molecule has 118 valence electrons. The van der Waals surface area contributed by atoms with Gasteiger partial charge in [0.25, 0.3) is 0 Å². The van der Waals surface area contributed by atoms with Crippen molar-refractivity contribution >= 4 is 5.91 Å². The van der Waals surface area contributed by atoms with Crippen molar-refractivity contribution < 1.29 is 14.6 Å². The number of carbonyl (C=O) groups is 1. The summed E-state index contributed by atoms with van der Waals surface area (Å²) in [5.74, 6) is 0.694. The first-order valence-corrected chi connectivity index (χ1v) is 7.25. The number of ether oxygens (including phenoxy) is 1. The lowest BCUT2D eigenvalue weighted by atomic mass is 10.1. The maximum atomic E-state index is 12.1. The van der Waals surface area contributed by atoms with E-state index < -0.39 is 6.10 Å². The summed E-state index contributed by atoms with van der Waals surface area (Å²) in [4.78, 5) is 14.0. The van der Waals surface area contributed by atoms with E-state index in [9.17, 15) is 9.90 Å². The third-order valence-corrected chi connectivity index (χ3v) is 3.46. The van der Waals surface area contributed by atoms with E-state index in [0.29, 0.717) is 0 Å². The molecule has 0 saturated heterocycles. The first kappa shape index (κ1) is 17.5. The first-order valence-electron chi connectivity index (χ1n) is 7.25. The molecular weight excluding hydrogens is 268 g/mol. The zero-order valence-corrected chi connectivity index (χ0v) is 13.3. The van der Waals surface area contributed by atoms with Crippen LogP contribution < -0.4 is 10.1 Å². The molecule has 0 aliphatic heterocycles. The summed E-state index contributed by atoms with van der Waals surface area (Å²) in [6.45, 7) is 2.26. The predicted octanol–water partition coefficient (Wildman–Crippen LogP) is 1.58.